The number of anilines is 2. The molecule has 14 heavy (non-hydrogen) atoms. The van der Waals surface area contributed by atoms with Gasteiger partial charge in [-0.2, -0.15) is 0 Å². The van der Waals surface area contributed by atoms with Crippen LogP contribution in [0, 0.1) is 0 Å². The van der Waals surface area contributed by atoms with Crippen molar-refractivity contribution >= 4 is 23.1 Å². The molecule has 0 fully saturated rings. The van der Waals surface area contributed by atoms with E-state index < -0.39 is 5.60 Å². The lowest BCUT2D eigenvalue weighted by Crippen LogP contribution is -2.29. The van der Waals surface area contributed by atoms with Crippen molar-refractivity contribution in [2.45, 2.75) is 19.4 Å². The van der Waals surface area contributed by atoms with Crippen molar-refractivity contribution in [3.05, 3.63) is 17.3 Å². The monoisotopic (exact) mass is 215 g/mol. The highest BCUT2D eigenvalue weighted by Gasteiger charge is 2.13. The van der Waals surface area contributed by atoms with Crippen LogP contribution in [0.25, 0.3) is 0 Å². The Balaban J connectivity index is 2.68. The zero-order valence-corrected chi connectivity index (χ0v) is 8.97. The van der Waals surface area contributed by atoms with Crippen LogP contribution in [-0.2, 0) is 0 Å². The number of pyridine rings is 1. The lowest BCUT2D eigenvalue weighted by Gasteiger charge is -2.18. The van der Waals surface area contributed by atoms with Crippen molar-refractivity contribution in [2.75, 3.05) is 17.6 Å². The van der Waals surface area contributed by atoms with Crippen molar-refractivity contribution in [2.24, 2.45) is 0 Å². The van der Waals surface area contributed by atoms with E-state index in [1.807, 2.05) is 0 Å². The first kappa shape index (κ1) is 11.1. The van der Waals surface area contributed by atoms with Gasteiger partial charge in [-0.3, -0.25) is 0 Å². The van der Waals surface area contributed by atoms with Gasteiger partial charge in [-0.15, -0.1) is 0 Å². The van der Waals surface area contributed by atoms with Crippen LogP contribution in [0.3, 0.4) is 0 Å². The van der Waals surface area contributed by atoms with E-state index in [9.17, 15) is 5.11 Å². The Hall–Kier alpha value is -1.00. The van der Waals surface area contributed by atoms with Crippen LogP contribution in [0.5, 0.6) is 0 Å². The number of rotatable bonds is 3. The molecule has 78 valence electrons. The molecule has 0 aliphatic carbocycles. The molecule has 0 aromatic carbocycles. The third-order valence-corrected chi connectivity index (χ3v) is 1.84. The summed E-state index contributed by atoms with van der Waals surface area (Å²) in [5.41, 5.74) is 5.20. The maximum Gasteiger partial charge on any atom is 0.145 e. The summed E-state index contributed by atoms with van der Waals surface area (Å²) in [6.07, 6.45) is 1.51. The molecule has 1 aromatic heterocycles. The lowest BCUT2D eigenvalue weighted by molar-refractivity contribution is 0.0944. The summed E-state index contributed by atoms with van der Waals surface area (Å²) < 4.78 is 0. The number of nitrogens with two attached hydrogens (primary N) is 1. The predicted molar refractivity (Wildman–Crippen MR) is 58.4 cm³/mol. The number of hydrogen-bond donors (Lipinski definition) is 3. The Morgan fingerprint density at radius 1 is 1.64 bits per heavy atom. The SMILES string of the molecule is CC(C)(O)CNc1ncc(N)cc1Cl. The smallest absolute Gasteiger partial charge is 0.145 e. The minimum absolute atomic E-state index is 0.379. The van der Waals surface area contributed by atoms with Gasteiger partial charge >= 0.3 is 0 Å². The number of aromatic nitrogens is 1. The molecule has 0 amide bonds. The van der Waals surface area contributed by atoms with Gasteiger partial charge < -0.3 is 16.2 Å². The van der Waals surface area contributed by atoms with Crippen molar-refractivity contribution in [3.63, 3.8) is 0 Å². The second kappa shape index (κ2) is 4.02. The quantitative estimate of drug-likeness (QED) is 0.715. The summed E-state index contributed by atoms with van der Waals surface area (Å²) in [5.74, 6) is 0.531. The molecule has 0 bridgehead atoms. The highest BCUT2D eigenvalue weighted by atomic mass is 35.5. The van der Waals surface area contributed by atoms with Gasteiger partial charge in [0.05, 0.1) is 22.5 Å². The number of nitrogen functional groups attached to an aromatic ring is 1. The van der Waals surface area contributed by atoms with Crippen LogP contribution in [0.1, 0.15) is 13.8 Å². The van der Waals surface area contributed by atoms with Crippen LogP contribution >= 0.6 is 11.6 Å². The van der Waals surface area contributed by atoms with Crippen molar-refractivity contribution in [3.8, 4) is 0 Å². The van der Waals surface area contributed by atoms with Gasteiger partial charge in [-0.25, -0.2) is 4.98 Å². The zero-order valence-electron chi connectivity index (χ0n) is 8.21. The molecule has 0 unspecified atom stereocenters. The molecule has 0 atom stereocenters. The molecule has 0 saturated carbocycles. The minimum atomic E-state index is -0.799. The van der Waals surface area contributed by atoms with E-state index in [0.717, 1.165) is 0 Å². The van der Waals surface area contributed by atoms with Crippen LogP contribution in [0.15, 0.2) is 12.3 Å². The van der Waals surface area contributed by atoms with Crippen molar-refractivity contribution < 1.29 is 5.11 Å². The number of nitrogens with zero attached hydrogens (tertiary/aromatic N) is 1. The Morgan fingerprint density at radius 3 is 2.79 bits per heavy atom. The molecule has 4 nitrogen and oxygen atoms in total. The van der Waals surface area contributed by atoms with Crippen LogP contribution < -0.4 is 11.1 Å². The van der Waals surface area contributed by atoms with Gasteiger partial charge in [0.15, 0.2) is 0 Å². The third kappa shape index (κ3) is 3.40. The van der Waals surface area contributed by atoms with E-state index in [1.54, 1.807) is 19.9 Å². The summed E-state index contributed by atoms with van der Waals surface area (Å²) in [6.45, 7) is 3.78. The molecular weight excluding hydrogens is 202 g/mol. The molecule has 0 spiro atoms. The van der Waals surface area contributed by atoms with Crippen molar-refractivity contribution in [1.29, 1.82) is 0 Å². The molecule has 0 saturated heterocycles. The fraction of sp³-hybridized carbons (Fsp3) is 0.444. The fourth-order valence-corrected chi connectivity index (χ4v) is 1.12. The lowest BCUT2D eigenvalue weighted by atomic mass is 10.1. The summed E-state index contributed by atoms with van der Waals surface area (Å²) in [6, 6.07) is 1.61. The molecule has 1 heterocycles. The van der Waals surface area contributed by atoms with Crippen LogP contribution in [0.2, 0.25) is 5.02 Å². The Kier molecular flexibility index (Phi) is 3.18. The number of aliphatic hydroxyl groups is 1. The van der Waals surface area contributed by atoms with Crippen LogP contribution in [-0.4, -0.2) is 22.2 Å². The third-order valence-electron chi connectivity index (χ3n) is 1.55. The molecule has 0 radical (unpaired) electrons. The Bertz CT molecular complexity index is 322. The van der Waals surface area contributed by atoms with E-state index >= 15 is 0 Å². The van der Waals surface area contributed by atoms with E-state index in [0.29, 0.717) is 23.1 Å². The van der Waals surface area contributed by atoms with E-state index in [4.69, 9.17) is 17.3 Å². The normalized spacial score (nSPS) is 11.4. The summed E-state index contributed by atoms with van der Waals surface area (Å²) >= 11 is 5.87. The first-order valence-corrected chi connectivity index (χ1v) is 4.63. The highest BCUT2D eigenvalue weighted by molar-refractivity contribution is 6.33. The number of halogens is 1. The second-order valence-electron chi connectivity index (χ2n) is 3.77. The van der Waals surface area contributed by atoms with Crippen LogP contribution in [0.4, 0.5) is 11.5 Å². The summed E-state index contributed by atoms with van der Waals surface area (Å²) in [5, 5.41) is 12.9. The minimum Gasteiger partial charge on any atom is -0.397 e. The largest absolute Gasteiger partial charge is 0.397 e. The van der Waals surface area contributed by atoms with Gasteiger partial charge in [0.25, 0.3) is 0 Å². The topological polar surface area (TPSA) is 71.2 Å². The predicted octanol–water partition coefficient (Wildman–Crippen LogP) is 1.50. The molecular formula is C9H14ClN3O. The Morgan fingerprint density at radius 2 is 2.29 bits per heavy atom. The average Bonchev–Trinajstić information content (AvgIpc) is 2.00. The van der Waals surface area contributed by atoms with E-state index in [1.165, 1.54) is 6.20 Å². The first-order valence-electron chi connectivity index (χ1n) is 4.26. The molecule has 0 aliphatic rings. The second-order valence-corrected chi connectivity index (χ2v) is 4.17. The van der Waals surface area contributed by atoms with Gasteiger partial charge in [0.2, 0.25) is 0 Å². The molecule has 5 heteroatoms. The van der Waals surface area contributed by atoms with Gasteiger partial charge in [0, 0.05) is 6.54 Å². The zero-order chi connectivity index (χ0) is 10.8. The van der Waals surface area contributed by atoms with E-state index in [2.05, 4.69) is 10.3 Å². The molecule has 1 aromatic rings. The maximum atomic E-state index is 9.47. The Labute approximate surface area is 88.1 Å². The van der Waals surface area contributed by atoms with Crippen molar-refractivity contribution in [1.82, 2.24) is 4.98 Å². The molecule has 4 N–H and O–H groups in total. The molecule has 0 aliphatic heterocycles. The number of hydrogen-bond acceptors (Lipinski definition) is 4. The van der Waals surface area contributed by atoms with E-state index in [-0.39, 0.29) is 0 Å². The fourth-order valence-electron chi connectivity index (χ4n) is 0.883. The summed E-state index contributed by atoms with van der Waals surface area (Å²) in [7, 11) is 0. The molecule has 1 rings (SSSR count). The summed E-state index contributed by atoms with van der Waals surface area (Å²) in [4.78, 5) is 4.00. The van der Waals surface area contributed by atoms with Gasteiger partial charge in [-0.1, -0.05) is 11.6 Å². The maximum absolute atomic E-state index is 9.47. The van der Waals surface area contributed by atoms with Gasteiger partial charge in [-0.05, 0) is 19.9 Å². The standard InChI is InChI=1S/C9H14ClN3O/c1-9(2,14)5-13-8-7(10)3-6(11)4-12-8/h3-4,14H,5,11H2,1-2H3,(H,12,13). The highest BCUT2D eigenvalue weighted by Crippen LogP contribution is 2.21. The average molecular weight is 216 g/mol. The van der Waals surface area contributed by atoms with Gasteiger partial charge in [0.1, 0.15) is 5.82 Å². The number of nitrogens with one attached hydrogen (secondary N) is 1. The first-order chi connectivity index (χ1) is 6.38.